The van der Waals surface area contributed by atoms with Crippen LogP contribution in [-0.2, 0) is 14.9 Å². The van der Waals surface area contributed by atoms with Gasteiger partial charge in [-0.1, -0.05) is 23.7 Å². The first kappa shape index (κ1) is 15.7. The van der Waals surface area contributed by atoms with Gasteiger partial charge < -0.3 is 4.74 Å². The zero-order valence-electron chi connectivity index (χ0n) is 11.8. The lowest BCUT2D eigenvalue weighted by atomic mass is 10.1. The molecule has 1 heterocycles. The molecule has 0 N–H and O–H groups in total. The average Bonchev–Trinajstić information content (AvgIpc) is 2.38. The summed E-state index contributed by atoms with van der Waals surface area (Å²) in [5.74, 6) is 0. The Hall–Kier alpha value is -0.660. The smallest absolute Gasteiger partial charge is 0.281 e. The molecule has 1 aromatic rings. The van der Waals surface area contributed by atoms with E-state index in [-0.39, 0.29) is 12.1 Å². The first-order valence-electron chi connectivity index (χ1n) is 6.38. The highest BCUT2D eigenvalue weighted by atomic mass is 35.5. The molecule has 1 aromatic carbocycles. The minimum atomic E-state index is -3.45. The van der Waals surface area contributed by atoms with Crippen molar-refractivity contribution in [1.29, 1.82) is 0 Å². The molecule has 5 nitrogen and oxygen atoms in total. The summed E-state index contributed by atoms with van der Waals surface area (Å²) in [6.07, 6.45) is -0.292. The van der Waals surface area contributed by atoms with Gasteiger partial charge in [0.2, 0.25) is 0 Å². The maximum absolute atomic E-state index is 12.3. The minimum Gasteiger partial charge on any atom is -0.370 e. The van der Waals surface area contributed by atoms with Gasteiger partial charge in [0.25, 0.3) is 10.2 Å². The fraction of sp³-hybridized carbons (Fsp3) is 0.538. The van der Waals surface area contributed by atoms with E-state index in [0.29, 0.717) is 18.2 Å². The Labute approximate surface area is 125 Å². The molecule has 1 aliphatic rings. The molecule has 7 heteroatoms. The van der Waals surface area contributed by atoms with Crippen molar-refractivity contribution in [3.8, 4) is 0 Å². The normalized spacial score (nSPS) is 25.1. The lowest BCUT2D eigenvalue weighted by Gasteiger charge is -2.38. The van der Waals surface area contributed by atoms with Crippen LogP contribution < -0.4 is 0 Å². The molecule has 0 aromatic heterocycles. The van der Waals surface area contributed by atoms with E-state index in [1.54, 1.807) is 6.07 Å². The second kappa shape index (κ2) is 5.99. The van der Waals surface area contributed by atoms with Crippen LogP contribution >= 0.6 is 11.6 Å². The number of benzene rings is 1. The van der Waals surface area contributed by atoms with E-state index in [4.69, 9.17) is 16.3 Å². The number of rotatable bonds is 3. The highest BCUT2D eigenvalue weighted by Gasteiger charge is 2.36. The summed E-state index contributed by atoms with van der Waals surface area (Å²) >= 11 is 5.97. The molecule has 1 saturated heterocycles. The topological polar surface area (TPSA) is 49.9 Å². The molecular formula is C13H19ClN2O3S. The van der Waals surface area contributed by atoms with Crippen LogP contribution in [0.15, 0.2) is 24.3 Å². The van der Waals surface area contributed by atoms with Crippen molar-refractivity contribution in [3.63, 3.8) is 0 Å². The van der Waals surface area contributed by atoms with E-state index in [2.05, 4.69) is 0 Å². The molecule has 0 aliphatic carbocycles. The van der Waals surface area contributed by atoms with E-state index >= 15 is 0 Å². The van der Waals surface area contributed by atoms with Crippen LogP contribution in [0.5, 0.6) is 0 Å². The van der Waals surface area contributed by atoms with E-state index in [1.807, 2.05) is 25.1 Å². The van der Waals surface area contributed by atoms with Crippen LogP contribution in [0.1, 0.15) is 18.6 Å². The summed E-state index contributed by atoms with van der Waals surface area (Å²) < 4.78 is 33.1. The second-order valence-corrected chi connectivity index (χ2v) is 7.62. The molecule has 0 saturated carbocycles. The average molecular weight is 319 g/mol. The van der Waals surface area contributed by atoms with Crippen molar-refractivity contribution in [2.24, 2.45) is 0 Å². The Morgan fingerprint density at radius 1 is 1.40 bits per heavy atom. The quantitative estimate of drug-likeness (QED) is 0.855. The molecule has 20 heavy (non-hydrogen) atoms. The van der Waals surface area contributed by atoms with Crippen molar-refractivity contribution in [1.82, 2.24) is 8.61 Å². The van der Waals surface area contributed by atoms with Crippen molar-refractivity contribution < 1.29 is 13.2 Å². The first-order chi connectivity index (χ1) is 9.32. The van der Waals surface area contributed by atoms with Gasteiger partial charge in [-0.05, 0) is 24.6 Å². The summed E-state index contributed by atoms with van der Waals surface area (Å²) in [6.45, 7) is 2.50. The first-order valence-corrected chi connectivity index (χ1v) is 8.16. The molecule has 112 valence electrons. The minimum absolute atomic E-state index is 0.183. The summed E-state index contributed by atoms with van der Waals surface area (Å²) in [7, 11) is -0.379. The van der Waals surface area contributed by atoms with Gasteiger partial charge in [-0.15, -0.1) is 0 Å². The Bertz CT molecular complexity index is 577. The van der Waals surface area contributed by atoms with Gasteiger partial charge >= 0.3 is 0 Å². The Morgan fingerprint density at radius 3 is 2.70 bits per heavy atom. The molecule has 1 fully saturated rings. The molecule has 0 radical (unpaired) electrons. The van der Waals surface area contributed by atoms with Gasteiger partial charge in [0.15, 0.2) is 0 Å². The monoisotopic (exact) mass is 318 g/mol. The Kier molecular flexibility index (Phi) is 4.71. The molecule has 2 atom stereocenters. The largest absolute Gasteiger partial charge is 0.370 e. The summed E-state index contributed by atoms with van der Waals surface area (Å²) in [6, 6.07) is 7.14. The highest BCUT2D eigenvalue weighted by Crippen LogP contribution is 2.28. The zero-order valence-corrected chi connectivity index (χ0v) is 13.4. The lowest BCUT2D eigenvalue weighted by Crippen LogP contribution is -2.51. The third-order valence-electron chi connectivity index (χ3n) is 3.35. The van der Waals surface area contributed by atoms with Gasteiger partial charge in [0.1, 0.15) is 0 Å². The van der Waals surface area contributed by atoms with Gasteiger partial charge in [0.05, 0.1) is 12.7 Å². The highest BCUT2D eigenvalue weighted by molar-refractivity contribution is 7.86. The molecule has 0 amide bonds. The predicted octanol–water partition coefficient (Wildman–Crippen LogP) is 1.91. The number of halogens is 1. The fourth-order valence-corrected chi connectivity index (χ4v) is 3.63. The van der Waals surface area contributed by atoms with Gasteiger partial charge in [-0.3, -0.25) is 0 Å². The maximum Gasteiger partial charge on any atom is 0.281 e. The van der Waals surface area contributed by atoms with Crippen molar-refractivity contribution >= 4 is 21.8 Å². The standard InChI is InChI=1S/C13H19ClN2O3S/c1-10-9-19-13(11-5-4-6-12(14)7-11)8-16(10)20(17,18)15(2)3/h4-7,10,13H,8-9H2,1-3H3/t10-,13+/m0/s1. The number of hydrogen-bond donors (Lipinski definition) is 0. The number of ether oxygens (including phenoxy) is 1. The third kappa shape index (κ3) is 3.15. The molecule has 1 aliphatic heterocycles. The van der Waals surface area contributed by atoms with Crippen LogP contribution in [0.2, 0.25) is 5.02 Å². The second-order valence-electron chi connectivity index (χ2n) is 5.09. The van der Waals surface area contributed by atoms with Crippen LogP contribution in [0.3, 0.4) is 0 Å². The van der Waals surface area contributed by atoms with E-state index in [0.717, 1.165) is 5.56 Å². The van der Waals surface area contributed by atoms with Crippen LogP contribution in [0.4, 0.5) is 0 Å². The summed E-state index contributed by atoms with van der Waals surface area (Å²) in [4.78, 5) is 0. The number of morpholine rings is 1. The third-order valence-corrected chi connectivity index (χ3v) is 5.61. The zero-order chi connectivity index (χ0) is 14.9. The number of nitrogens with zero attached hydrogens (tertiary/aromatic N) is 2. The van der Waals surface area contributed by atoms with E-state index < -0.39 is 10.2 Å². The Balaban J connectivity index is 2.25. The maximum atomic E-state index is 12.3. The summed E-state index contributed by atoms with van der Waals surface area (Å²) in [5.41, 5.74) is 0.892. The van der Waals surface area contributed by atoms with Crippen molar-refractivity contribution in [3.05, 3.63) is 34.9 Å². The van der Waals surface area contributed by atoms with Gasteiger partial charge in [-0.25, -0.2) is 0 Å². The molecule has 0 spiro atoms. The van der Waals surface area contributed by atoms with Crippen LogP contribution in [0.25, 0.3) is 0 Å². The van der Waals surface area contributed by atoms with Crippen LogP contribution in [-0.4, -0.2) is 50.3 Å². The molecule has 0 bridgehead atoms. The van der Waals surface area contributed by atoms with Crippen molar-refractivity contribution in [2.75, 3.05) is 27.2 Å². The van der Waals surface area contributed by atoms with Gasteiger partial charge in [0, 0.05) is 31.7 Å². The lowest BCUT2D eigenvalue weighted by molar-refractivity contribution is -0.0302. The van der Waals surface area contributed by atoms with Crippen molar-refractivity contribution in [2.45, 2.75) is 19.1 Å². The fourth-order valence-electron chi connectivity index (χ4n) is 2.17. The molecule has 2 rings (SSSR count). The summed E-state index contributed by atoms with van der Waals surface area (Å²) in [5, 5.41) is 0.617. The molecular weight excluding hydrogens is 300 g/mol. The van der Waals surface area contributed by atoms with E-state index in [1.165, 1.54) is 22.7 Å². The van der Waals surface area contributed by atoms with Gasteiger partial charge in [-0.2, -0.15) is 17.0 Å². The predicted molar refractivity (Wildman–Crippen MR) is 78.9 cm³/mol. The SMILES string of the molecule is C[C@H]1CO[C@@H](c2cccc(Cl)c2)CN1S(=O)(=O)N(C)C. The van der Waals surface area contributed by atoms with Crippen LogP contribution in [0, 0.1) is 0 Å². The number of hydrogen-bond acceptors (Lipinski definition) is 3. The van der Waals surface area contributed by atoms with E-state index in [9.17, 15) is 8.42 Å². The molecule has 0 unspecified atom stereocenters. The Morgan fingerprint density at radius 2 is 2.10 bits per heavy atom.